The van der Waals surface area contributed by atoms with Crippen LogP contribution in [0.4, 0.5) is 5.82 Å². The van der Waals surface area contributed by atoms with Crippen molar-refractivity contribution in [3.8, 4) is 17.0 Å². The SMILES string of the molecule is Cc1ccc(-c2nnc(N[C@@H]3CCCN(C)C3)c3cnncc23)c(O)c1. The van der Waals surface area contributed by atoms with Crippen molar-refractivity contribution in [1.29, 1.82) is 0 Å². The molecule has 134 valence electrons. The Balaban J connectivity index is 1.76. The molecule has 1 aliphatic heterocycles. The second-order valence-corrected chi connectivity index (χ2v) is 6.98. The molecule has 0 saturated carbocycles. The van der Waals surface area contributed by atoms with Crippen LogP contribution in [0.25, 0.3) is 22.0 Å². The molecule has 1 atom stereocenters. The highest BCUT2D eigenvalue weighted by Crippen LogP contribution is 2.34. The van der Waals surface area contributed by atoms with Crippen LogP contribution in [0.5, 0.6) is 5.75 Å². The maximum absolute atomic E-state index is 10.3. The quantitative estimate of drug-likeness (QED) is 0.751. The van der Waals surface area contributed by atoms with Gasteiger partial charge in [0, 0.05) is 23.5 Å². The molecule has 0 bridgehead atoms. The van der Waals surface area contributed by atoms with E-state index in [0.717, 1.165) is 42.3 Å². The lowest BCUT2D eigenvalue weighted by Gasteiger charge is -2.30. The number of likely N-dealkylation sites (tertiary alicyclic amines) is 1. The Labute approximate surface area is 152 Å². The highest BCUT2D eigenvalue weighted by atomic mass is 16.3. The van der Waals surface area contributed by atoms with Crippen LogP contribution in [0.15, 0.2) is 30.6 Å². The van der Waals surface area contributed by atoms with E-state index in [1.807, 2.05) is 19.1 Å². The molecule has 7 nitrogen and oxygen atoms in total. The number of fused-ring (bicyclic) bond motifs is 1. The lowest BCUT2D eigenvalue weighted by atomic mass is 10.0. The lowest BCUT2D eigenvalue weighted by Crippen LogP contribution is -2.40. The minimum absolute atomic E-state index is 0.187. The molecule has 3 aromatic rings. The second-order valence-electron chi connectivity index (χ2n) is 6.98. The minimum atomic E-state index is 0.187. The first kappa shape index (κ1) is 16.7. The van der Waals surface area contributed by atoms with Gasteiger partial charge in [-0.15, -0.1) is 10.2 Å². The Kier molecular flexibility index (Phi) is 4.38. The van der Waals surface area contributed by atoms with E-state index < -0.39 is 0 Å². The summed E-state index contributed by atoms with van der Waals surface area (Å²) in [5, 5.41) is 32.4. The Morgan fingerprint density at radius 3 is 2.73 bits per heavy atom. The van der Waals surface area contributed by atoms with E-state index in [4.69, 9.17) is 0 Å². The number of rotatable bonds is 3. The van der Waals surface area contributed by atoms with E-state index in [-0.39, 0.29) is 5.75 Å². The minimum Gasteiger partial charge on any atom is -0.507 e. The largest absolute Gasteiger partial charge is 0.507 e. The number of hydrogen-bond donors (Lipinski definition) is 2. The van der Waals surface area contributed by atoms with Gasteiger partial charge in [-0.25, -0.2) is 0 Å². The number of aryl methyl sites for hydroxylation is 1. The fraction of sp³-hybridized carbons (Fsp3) is 0.368. The van der Waals surface area contributed by atoms with Crippen LogP contribution in [0, 0.1) is 6.92 Å². The molecule has 7 heteroatoms. The van der Waals surface area contributed by atoms with E-state index in [2.05, 4.69) is 37.7 Å². The zero-order chi connectivity index (χ0) is 18.1. The van der Waals surface area contributed by atoms with Gasteiger partial charge in [0.05, 0.1) is 17.8 Å². The first-order valence-electron chi connectivity index (χ1n) is 8.84. The van der Waals surface area contributed by atoms with Crippen LogP contribution < -0.4 is 5.32 Å². The Morgan fingerprint density at radius 1 is 1.15 bits per heavy atom. The Morgan fingerprint density at radius 2 is 1.96 bits per heavy atom. The molecule has 26 heavy (non-hydrogen) atoms. The number of hydrogen-bond acceptors (Lipinski definition) is 7. The van der Waals surface area contributed by atoms with Crippen molar-refractivity contribution in [3.05, 3.63) is 36.2 Å². The van der Waals surface area contributed by atoms with Crippen LogP contribution in [-0.2, 0) is 0 Å². The Bertz CT molecular complexity index is 944. The summed E-state index contributed by atoms with van der Waals surface area (Å²) >= 11 is 0. The number of phenolic OH excluding ortho intramolecular Hbond substituents is 1. The van der Waals surface area contributed by atoms with Crippen LogP contribution >= 0.6 is 0 Å². The van der Waals surface area contributed by atoms with Gasteiger partial charge in [0.2, 0.25) is 0 Å². The summed E-state index contributed by atoms with van der Waals surface area (Å²) in [4.78, 5) is 2.31. The van der Waals surface area contributed by atoms with E-state index >= 15 is 0 Å². The van der Waals surface area contributed by atoms with Gasteiger partial charge in [-0.05, 0) is 51.1 Å². The smallest absolute Gasteiger partial charge is 0.158 e. The number of likely N-dealkylation sites (N-methyl/N-ethyl adjacent to an activating group) is 1. The van der Waals surface area contributed by atoms with Crippen molar-refractivity contribution in [1.82, 2.24) is 25.3 Å². The summed E-state index contributed by atoms with van der Waals surface area (Å²) in [6.45, 7) is 4.04. The van der Waals surface area contributed by atoms with Crippen molar-refractivity contribution >= 4 is 16.6 Å². The van der Waals surface area contributed by atoms with E-state index in [0.29, 0.717) is 23.1 Å². The van der Waals surface area contributed by atoms with Gasteiger partial charge in [0.25, 0.3) is 0 Å². The molecule has 1 saturated heterocycles. The van der Waals surface area contributed by atoms with Gasteiger partial charge in [0.15, 0.2) is 5.82 Å². The fourth-order valence-electron chi connectivity index (χ4n) is 3.53. The van der Waals surface area contributed by atoms with Crippen molar-refractivity contribution in [2.24, 2.45) is 0 Å². The zero-order valence-corrected chi connectivity index (χ0v) is 15.0. The van der Waals surface area contributed by atoms with E-state index in [9.17, 15) is 5.11 Å². The summed E-state index contributed by atoms with van der Waals surface area (Å²) < 4.78 is 0. The Hall–Kier alpha value is -2.80. The molecule has 2 N–H and O–H groups in total. The van der Waals surface area contributed by atoms with Crippen molar-refractivity contribution in [2.45, 2.75) is 25.8 Å². The van der Waals surface area contributed by atoms with Gasteiger partial charge in [0.1, 0.15) is 11.4 Å². The number of anilines is 1. The van der Waals surface area contributed by atoms with Crippen molar-refractivity contribution in [3.63, 3.8) is 0 Å². The molecule has 2 aromatic heterocycles. The van der Waals surface area contributed by atoms with Crippen LogP contribution in [0.2, 0.25) is 0 Å². The predicted octanol–water partition coefficient (Wildman–Crippen LogP) is 2.61. The summed E-state index contributed by atoms with van der Waals surface area (Å²) in [5.41, 5.74) is 2.24. The molecular formula is C19H22N6O. The third-order valence-electron chi connectivity index (χ3n) is 4.86. The van der Waals surface area contributed by atoms with Gasteiger partial charge >= 0.3 is 0 Å². The predicted molar refractivity (Wildman–Crippen MR) is 101 cm³/mol. The maximum Gasteiger partial charge on any atom is 0.158 e. The highest BCUT2D eigenvalue weighted by molar-refractivity contribution is 5.99. The molecule has 0 amide bonds. The number of benzene rings is 1. The third-order valence-corrected chi connectivity index (χ3v) is 4.86. The molecule has 1 fully saturated rings. The molecule has 1 aromatic carbocycles. The van der Waals surface area contributed by atoms with Crippen LogP contribution in [0.1, 0.15) is 18.4 Å². The van der Waals surface area contributed by atoms with Gasteiger partial charge < -0.3 is 15.3 Å². The number of nitrogens with zero attached hydrogens (tertiary/aromatic N) is 5. The number of aromatic hydroxyl groups is 1. The van der Waals surface area contributed by atoms with Crippen LogP contribution in [-0.4, -0.2) is 56.6 Å². The first-order valence-corrected chi connectivity index (χ1v) is 8.84. The van der Waals surface area contributed by atoms with Gasteiger partial charge in [-0.1, -0.05) is 6.07 Å². The van der Waals surface area contributed by atoms with E-state index in [1.54, 1.807) is 18.5 Å². The average molecular weight is 350 g/mol. The van der Waals surface area contributed by atoms with Gasteiger partial charge in [-0.3, -0.25) is 0 Å². The number of nitrogens with one attached hydrogen (secondary N) is 1. The highest BCUT2D eigenvalue weighted by Gasteiger charge is 2.20. The van der Waals surface area contributed by atoms with Crippen LogP contribution in [0.3, 0.4) is 0 Å². The summed E-state index contributed by atoms with van der Waals surface area (Å²) in [6.07, 6.45) is 5.64. The topological polar surface area (TPSA) is 87.1 Å². The van der Waals surface area contributed by atoms with Gasteiger partial charge in [-0.2, -0.15) is 10.2 Å². The molecule has 4 rings (SSSR count). The van der Waals surface area contributed by atoms with Crippen molar-refractivity contribution in [2.75, 3.05) is 25.5 Å². The summed E-state index contributed by atoms with van der Waals surface area (Å²) in [5.74, 6) is 0.901. The number of aromatic nitrogens is 4. The van der Waals surface area contributed by atoms with E-state index in [1.165, 1.54) is 0 Å². The maximum atomic E-state index is 10.3. The molecular weight excluding hydrogens is 328 g/mol. The number of phenols is 1. The molecule has 0 unspecified atom stereocenters. The van der Waals surface area contributed by atoms with Crippen molar-refractivity contribution < 1.29 is 5.11 Å². The zero-order valence-electron chi connectivity index (χ0n) is 15.0. The molecule has 0 spiro atoms. The lowest BCUT2D eigenvalue weighted by molar-refractivity contribution is 0.261. The standard InChI is InChI=1S/C19H22N6O/c1-12-5-6-14(17(26)8-12)18-15-9-20-21-10-16(15)19(24-23-18)22-13-4-3-7-25(2)11-13/h5-6,8-10,13,26H,3-4,7,11H2,1-2H3,(H,22,24)/t13-/m1/s1. The molecule has 0 aliphatic carbocycles. The normalized spacial score (nSPS) is 18.2. The molecule has 3 heterocycles. The summed E-state index contributed by atoms with van der Waals surface area (Å²) in [6, 6.07) is 5.86. The first-order chi connectivity index (χ1) is 12.6. The average Bonchev–Trinajstić information content (AvgIpc) is 2.63. The third kappa shape index (κ3) is 3.17. The second kappa shape index (κ2) is 6.84. The molecule has 1 aliphatic rings. The summed E-state index contributed by atoms with van der Waals surface area (Å²) in [7, 11) is 2.13. The monoisotopic (exact) mass is 350 g/mol. The molecule has 0 radical (unpaired) electrons. The number of piperidine rings is 1. The fourth-order valence-corrected chi connectivity index (χ4v) is 3.53.